The van der Waals surface area contributed by atoms with Gasteiger partial charge in [-0.3, -0.25) is 0 Å². The summed E-state index contributed by atoms with van der Waals surface area (Å²) in [6, 6.07) is 0. The van der Waals surface area contributed by atoms with Gasteiger partial charge in [-0.05, 0) is 33.1 Å². The van der Waals surface area contributed by atoms with Crippen LogP contribution in [-0.2, 0) is 4.74 Å². The minimum Gasteiger partial charge on any atom is -0.444 e. The third-order valence-electron chi connectivity index (χ3n) is 2.52. The number of amides is 1. The van der Waals surface area contributed by atoms with E-state index in [1.165, 1.54) is 4.90 Å². The SMILES string of the molecule is C[C@H]1CCN(C(=O)OC(C)(C)C)C[C@@H]1F. The Morgan fingerprint density at radius 1 is 1.47 bits per heavy atom. The van der Waals surface area contributed by atoms with Crippen LogP contribution in [0.5, 0.6) is 0 Å². The Kier molecular flexibility index (Phi) is 3.58. The van der Waals surface area contributed by atoms with Crippen LogP contribution in [-0.4, -0.2) is 35.9 Å². The highest BCUT2D eigenvalue weighted by Gasteiger charge is 2.31. The predicted octanol–water partition coefficient (Wildman–Crippen LogP) is 2.60. The molecule has 0 aromatic heterocycles. The number of likely N-dealkylation sites (tertiary alicyclic amines) is 1. The first kappa shape index (κ1) is 12.3. The molecule has 2 atom stereocenters. The van der Waals surface area contributed by atoms with E-state index in [1.54, 1.807) is 0 Å². The number of ether oxygens (including phenoxy) is 1. The van der Waals surface area contributed by atoms with E-state index < -0.39 is 17.9 Å². The molecule has 0 bridgehead atoms. The first-order valence-corrected chi connectivity index (χ1v) is 5.41. The number of halogens is 1. The molecule has 88 valence electrons. The molecule has 0 aliphatic carbocycles. The van der Waals surface area contributed by atoms with Crippen molar-refractivity contribution in [2.45, 2.75) is 45.9 Å². The number of rotatable bonds is 0. The minimum atomic E-state index is -0.925. The van der Waals surface area contributed by atoms with Crippen molar-refractivity contribution in [2.24, 2.45) is 5.92 Å². The number of hydrogen-bond donors (Lipinski definition) is 0. The summed E-state index contributed by atoms with van der Waals surface area (Å²) in [7, 11) is 0. The molecule has 1 saturated heterocycles. The molecular formula is C11H20FNO2. The van der Waals surface area contributed by atoms with Crippen molar-refractivity contribution in [1.29, 1.82) is 0 Å². The van der Waals surface area contributed by atoms with Gasteiger partial charge in [0.15, 0.2) is 0 Å². The average molecular weight is 217 g/mol. The molecule has 0 aromatic carbocycles. The molecule has 15 heavy (non-hydrogen) atoms. The second-order valence-electron chi connectivity index (χ2n) is 5.21. The Labute approximate surface area is 90.6 Å². The fourth-order valence-corrected chi connectivity index (χ4v) is 1.51. The quantitative estimate of drug-likeness (QED) is 0.624. The van der Waals surface area contributed by atoms with Gasteiger partial charge < -0.3 is 9.64 Å². The van der Waals surface area contributed by atoms with Crippen LogP contribution in [0.2, 0.25) is 0 Å². The molecule has 1 fully saturated rings. The van der Waals surface area contributed by atoms with Gasteiger partial charge in [-0.2, -0.15) is 0 Å². The highest BCUT2D eigenvalue weighted by Crippen LogP contribution is 2.21. The van der Waals surface area contributed by atoms with Crippen molar-refractivity contribution in [3.8, 4) is 0 Å². The summed E-state index contributed by atoms with van der Waals surface area (Å²) < 4.78 is 18.6. The molecular weight excluding hydrogens is 197 g/mol. The van der Waals surface area contributed by atoms with Crippen LogP contribution < -0.4 is 0 Å². The average Bonchev–Trinajstić information content (AvgIpc) is 2.06. The van der Waals surface area contributed by atoms with E-state index in [4.69, 9.17) is 4.74 Å². The Morgan fingerprint density at radius 3 is 2.53 bits per heavy atom. The monoisotopic (exact) mass is 217 g/mol. The fraction of sp³-hybridized carbons (Fsp3) is 0.909. The molecule has 1 aliphatic rings. The number of carbonyl (C=O) groups is 1. The molecule has 0 unspecified atom stereocenters. The van der Waals surface area contributed by atoms with Gasteiger partial charge in [0.1, 0.15) is 11.8 Å². The number of nitrogens with zero attached hydrogens (tertiary/aromatic N) is 1. The van der Waals surface area contributed by atoms with Crippen LogP contribution in [0, 0.1) is 5.92 Å². The highest BCUT2D eigenvalue weighted by atomic mass is 19.1. The van der Waals surface area contributed by atoms with Gasteiger partial charge >= 0.3 is 6.09 Å². The van der Waals surface area contributed by atoms with Crippen LogP contribution in [0.25, 0.3) is 0 Å². The van der Waals surface area contributed by atoms with E-state index in [2.05, 4.69) is 0 Å². The van der Waals surface area contributed by atoms with Gasteiger partial charge in [0, 0.05) is 6.54 Å². The zero-order valence-electron chi connectivity index (χ0n) is 9.92. The van der Waals surface area contributed by atoms with Crippen molar-refractivity contribution in [3.63, 3.8) is 0 Å². The molecule has 1 aliphatic heterocycles. The lowest BCUT2D eigenvalue weighted by Gasteiger charge is -2.34. The molecule has 4 heteroatoms. The summed E-state index contributed by atoms with van der Waals surface area (Å²) in [5.74, 6) is 0.0451. The first-order valence-electron chi connectivity index (χ1n) is 5.41. The lowest BCUT2D eigenvalue weighted by molar-refractivity contribution is 0.00709. The maximum Gasteiger partial charge on any atom is 0.410 e. The standard InChI is InChI=1S/C11H20FNO2/c1-8-5-6-13(7-9(8)12)10(14)15-11(2,3)4/h8-9H,5-7H2,1-4H3/t8-,9-/m0/s1. The van der Waals surface area contributed by atoms with E-state index >= 15 is 0 Å². The Morgan fingerprint density at radius 2 is 2.07 bits per heavy atom. The van der Waals surface area contributed by atoms with E-state index in [9.17, 15) is 9.18 Å². The van der Waals surface area contributed by atoms with Crippen molar-refractivity contribution >= 4 is 6.09 Å². The normalized spacial score (nSPS) is 27.7. The van der Waals surface area contributed by atoms with Gasteiger partial charge in [-0.1, -0.05) is 6.92 Å². The topological polar surface area (TPSA) is 29.5 Å². The summed E-state index contributed by atoms with van der Waals surface area (Å²) in [5, 5.41) is 0. The lowest BCUT2D eigenvalue weighted by Crippen LogP contribution is -2.46. The largest absolute Gasteiger partial charge is 0.444 e. The van der Waals surface area contributed by atoms with E-state index in [0.29, 0.717) is 13.0 Å². The molecule has 0 aromatic rings. The summed E-state index contributed by atoms with van der Waals surface area (Å²) in [4.78, 5) is 13.1. The van der Waals surface area contributed by atoms with Crippen LogP contribution in [0.3, 0.4) is 0 Å². The van der Waals surface area contributed by atoms with Crippen molar-refractivity contribution in [2.75, 3.05) is 13.1 Å². The van der Waals surface area contributed by atoms with E-state index in [0.717, 1.165) is 0 Å². The van der Waals surface area contributed by atoms with Gasteiger partial charge in [-0.25, -0.2) is 9.18 Å². The Balaban J connectivity index is 2.48. The third kappa shape index (κ3) is 3.68. The van der Waals surface area contributed by atoms with Gasteiger partial charge in [0.05, 0.1) is 6.54 Å². The maximum absolute atomic E-state index is 13.4. The van der Waals surface area contributed by atoms with Gasteiger partial charge in [-0.15, -0.1) is 0 Å². The molecule has 0 spiro atoms. The molecule has 3 nitrogen and oxygen atoms in total. The number of alkyl halides is 1. The first-order chi connectivity index (χ1) is 6.79. The van der Waals surface area contributed by atoms with Gasteiger partial charge in [0.25, 0.3) is 0 Å². The second kappa shape index (κ2) is 4.37. The molecule has 1 rings (SSSR count). The summed E-state index contributed by atoms with van der Waals surface area (Å²) in [6.07, 6.45) is -0.622. The molecule has 1 amide bonds. The zero-order chi connectivity index (χ0) is 11.6. The fourth-order valence-electron chi connectivity index (χ4n) is 1.51. The Bertz CT molecular complexity index is 237. The van der Waals surface area contributed by atoms with Gasteiger partial charge in [0.2, 0.25) is 0 Å². The van der Waals surface area contributed by atoms with Crippen LogP contribution >= 0.6 is 0 Å². The van der Waals surface area contributed by atoms with Crippen molar-refractivity contribution in [3.05, 3.63) is 0 Å². The molecule has 1 heterocycles. The number of carbonyl (C=O) groups excluding carboxylic acids is 1. The maximum atomic E-state index is 13.4. The zero-order valence-corrected chi connectivity index (χ0v) is 9.92. The number of hydrogen-bond acceptors (Lipinski definition) is 2. The molecule has 0 N–H and O–H groups in total. The second-order valence-corrected chi connectivity index (χ2v) is 5.21. The van der Waals surface area contributed by atoms with Crippen LogP contribution in [0.4, 0.5) is 9.18 Å². The molecule has 0 radical (unpaired) electrons. The summed E-state index contributed by atoms with van der Waals surface area (Å²) >= 11 is 0. The van der Waals surface area contributed by atoms with Crippen LogP contribution in [0.1, 0.15) is 34.1 Å². The van der Waals surface area contributed by atoms with Crippen molar-refractivity contribution in [1.82, 2.24) is 4.90 Å². The summed E-state index contributed by atoms with van der Waals surface area (Å²) in [5.41, 5.74) is -0.508. The van der Waals surface area contributed by atoms with E-state index in [-0.39, 0.29) is 12.5 Å². The van der Waals surface area contributed by atoms with Crippen LogP contribution in [0.15, 0.2) is 0 Å². The highest BCUT2D eigenvalue weighted by molar-refractivity contribution is 5.68. The third-order valence-corrected chi connectivity index (χ3v) is 2.52. The minimum absolute atomic E-state index is 0.0451. The molecule has 0 saturated carbocycles. The summed E-state index contributed by atoms with van der Waals surface area (Å²) in [6.45, 7) is 8.06. The smallest absolute Gasteiger partial charge is 0.410 e. The van der Waals surface area contributed by atoms with Crippen molar-refractivity contribution < 1.29 is 13.9 Å². The lowest BCUT2D eigenvalue weighted by atomic mass is 9.98. The Hall–Kier alpha value is -0.800. The van der Waals surface area contributed by atoms with E-state index in [1.807, 2.05) is 27.7 Å². The predicted molar refractivity (Wildman–Crippen MR) is 56.5 cm³/mol. The number of piperidine rings is 1.